The van der Waals surface area contributed by atoms with Crippen molar-refractivity contribution in [1.29, 1.82) is 0 Å². The van der Waals surface area contributed by atoms with Crippen LogP contribution in [-0.4, -0.2) is 23.7 Å². The number of sulfonamides is 1. The summed E-state index contributed by atoms with van der Waals surface area (Å²) in [6, 6.07) is 4.87. The fraction of sp³-hybridized carbons (Fsp3) is 0.250. The number of halogens is 1. The van der Waals surface area contributed by atoms with Gasteiger partial charge in [-0.15, -0.1) is 0 Å². The number of nitrogens with zero attached hydrogens (tertiary/aromatic N) is 1. The van der Waals surface area contributed by atoms with E-state index in [0.29, 0.717) is 16.4 Å². The Kier molecular flexibility index (Phi) is 4.03. The van der Waals surface area contributed by atoms with E-state index in [-0.39, 0.29) is 10.6 Å². The highest BCUT2D eigenvalue weighted by Crippen LogP contribution is 2.24. The van der Waals surface area contributed by atoms with Gasteiger partial charge < -0.3 is 5.11 Å². The number of rotatable bonds is 4. The van der Waals surface area contributed by atoms with Crippen molar-refractivity contribution in [2.45, 2.75) is 25.3 Å². The second-order valence-electron chi connectivity index (χ2n) is 4.35. The second kappa shape index (κ2) is 5.43. The van der Waals surface area contributed by atoms with Crippen LogP contribution in [0.2, 0.25) is 5.02 Å². The van der Waals surface area contributed by atoms with Gasteiger partial charge in [0.25, 0.3) is 10.0 Å². The average molecular weight is 316 g/mol. The van der Waals surface area contributed by atoms with Gasteiger partial charge in [-0.2, -0.15) is 5.10 Å². The first-order valence-electron chi connectivity index (χ1n) is 5.79. The van der Waals surface area contributed by atoms with Crippen LogP contribution in [-0.2, 0) is 16.6 Å². The van der Waals surface area contributed by atoms with Crippen molar-refractivity contribution in [1.82, 2.24) is 10.2 Å². The molecule has 0 bridgehead atoms. The Morgan fingerprint density at radius 1 is 1.40 bits per heavy atom. The zero-order chi connectivity index (χ0) is 14.9. The van der Waals surface area contributed by atoms with Crippen LogP contribution in [0.3, 0.4) is 0 Å². The number of aryl methyl sites for hydroxylation is 2. The third-order valence-corrected chi connectivity index (χ3v) is 4.79. The maximum Gasteiger partial charge on any atom is 0.265 e. The molecule has 0 saturated heterocycles. The molecule has 0 fully saturated rings. The molecule has 0 aliphatic rings. The average Bonchev–Trinajstić information content (AvgIpc) is 2.75. The summed E-state index contributed by atoms with van der Waals surface area (Å²) in [5, 5.41) is 15.9. The molecule has 0 saturated carbocycles. The van der Waals surface area contributed by atoms with Crippen LogP contribution in [0, 0.1) is 13.8 Å². The SMILES string of the molecule is Cc1ccc(NS(=O)(=O)c2c(CO)n[nH]c2C)cc1Cl. The van der Waals surface area contributed by atoms with Gasteiger partial charge in [-0.3, -0.25) is 9.82 Å². The van der Waals surface area contributed by atoms with E-state index in [4.69, 9.17) is 16.7 Å². The van der Waals surface area contributed by atoms with Crippen molar-refractivity contribution in [3.8, 4) is 0 Å². The van der Waals surface area contributed by atoms with Gasteiger partial charge in [0, 0.05) is 5.02 Å². The lowest BCUT2D eigenvalue weighted by Crippen LogP contribution is -2.15. The lowest BCUT2D eigenvalue weighted by Gasteiger charge is -2.09. The van der Waals surface area contributed by atoms with E-state index in [2.05, 4.69) is 14.9 Å². The van der Waals surface area contributed by atoms with Crippen molar-refractivity contribution in [3.63, 3.8) is 0 Å². The summed E-state index contributed by atoms with van der Waals surface area (Å²) in [5.74, 6) is 0. The maximum absolute atomic E-state index is 12.3. The largest absolute Gasteiger partial charge is 0.390 e. The number of anilines is 1. The van der Waals surface area contributed by atoms with Crippen LogP contribution in [0.1, 0.15) is 17.0 Å². The van der Waals surface area contributed by atoms with Crippen LogP contribution in [0.5, 0.6) is 0 Å². The van der Waals surface area contributed by atoms with E-state index >= 15 is 0 Å². The molecule has 0 aliphatic heterocycles. The maximum atomic E-state index is 12.3. The fourth-order valence-electron chi connectivity index (χ4n) is 1.80. The second-order valence-corrected chi connectivity index (χ2v) is 6.38. The van der Waals surface area contributed by atoms with Gasteiger partial charge in [0.05, 0.1) is 18.0 Å². The van der Waals surface area contributed by atoms with Gasteiger partial charge >= 0.3 is 0 Å². The molecule has 1 aromatic heterocycles. The lowest BCUT2D eigenvalue weighted by atomic mass is 10.2. The van der Waals surface area contributed by atoms with Gasteiger partial charge in [-0.25, -0.2) is 8.42 Å². The minimum absolute atomic E-state index is 0.0447. The molecular formula is C12H14ClN3O3S. The van der Waals surface area contributed by atoms with Crippen molar-refractivity contribution in [3.05, 3.63) is 40.2 Å². The summed E-state index contributed by atoms with van der Waals surface area (Å²) in [7, 11) is -3.84. The molecular weight excluding hydrogens is 302 g/mol. The predicted molar refractivity (Wildman–Crippen MR) is 76.2 cm³/mol. The first-order valence-corrected chi connectivity index (χ1v) is 7.65. The summed E-state index contributed by atoms with van der Waals surface area (Å²) in [6.45, 7) is 2.93. The number of benzene rings is 1. The number of aliphatic hydroxyl groups excluding tert-OH is 1. The molecule has 0 spiro atoms. The number of H-pyrrole nitrogens is 1. The normalized spacial score (nSPS) is 11.6. The summed E-state index contributed by atoms with van der Waals surface area (Å²) in [4.78, 5) is -0.0447. The molecule has 0 atom stereocenters. The fourth-order valence-corrected chi connectivity index (χ4v) is 3.38. The van der Waals surface area contributed by atoms with Gasteiger partial charge in [0.1, 0.15) is 10.6 Å². The molecule has 2 aromatic rings. The smallest absolute Gasteiger partial charge is 0.265 e. The Morgan fingerprint density at radius 3 is 2.70 bits per heavy atom. The number of aliphatic hydroxyl groups is 1. The van der Waals surface area contributed by atoms with Crippen molar-refractivity contribution < 1.29 is 13.5 Å². The molecule has 0 amide bonds. The Labute approximate surface area is 121 Å². The highest BCUT2D eigenvalue weighted by molar-refractivity contribution is 7.92. The van der Waals surface area contributed by atoms with E-state index in [1.807, 2.05) is 6.92 Å². The third-order valence-electron chi connectivity index (χ3n) is 2.80. The standard InChI is InChI=1S/C12H14ClN3O3S/c1-7-3-4-9(5-10(7)13)16-20(18,19)12-8(2)14-15-11(12)6-17/h3-5,16-17H,6H2,1-2H3,(H,14,15). The predicted octanol–water partition coefficient (Wildman–Crippen LogP) is 1.97. The zero-order valence-electron chi connectivity index (χ0n) is 10.9. The molecule has 8 heteroatoms. The van der Waals surface area contributed by atoms with E-state index < -0.39 is 16.6 Å². The van der Waals surface area contributed by atoms with Crippen molar-refractivity contribution in [2.24, 2.45) is 0 Å². The number of aromatic amines is 1. The number of aromatic nitrogens is 2. The minimum atomic E-state index is -3.84. The van der Waals surface area contributed by atoms with E-state index in [0.717, 1.165) is 5.56 Å². The number of hydrogen-bond donors (Lipinski definition) is 3. The summed E-state index contributed by atoms with van der Waals surface area (Å²) >= 11 is 5.96. The summed E-state index contributed by atoms with van der Waals surface area (Å²) in [6.07, 6.45) is 0. The zero-order valence-corrected chi connectivity index (χ0v) is 12.5. The molecule has 1 aromatic carbocycles. The molecule has 0 unspecified atom stereocenters. The van der Waals surface area contributed by atoms with Crippen molar-refractivity contribution in [2.75, 3.05) is 4.72 Å². The van der Waals surface area contributed by atoms with E-state index in [1.165, 1.54) is 6.07 Å². The van der Waals surface area contributed by atoms with Crippen LogP contribution in [0.15, 0.2) is 23.1 Å². The lowest BCUT2D eigenvalue weighted by molar-refractivity contribution is 0.273. The van der Waals surface area contributed by atoms with Gasteiger partial charge in [0.2, 0.25) is 0 Å². The molecule has 3 N–H and O–H groups in total. The topological polar surface area (TPSA) is 95.1 Å². The number of nitrogens with one attached hydrogen (secondary N) is 2. The highest BCUT2D eigenvalue weighted by atomic mass is 35.5. The molecule has 1 heterocycles. The van der Waals surface area contributed by atoms with Gasteiger partial charge in [-0.05, 0) is 31.5 Å². The van der Waals surface area contributed by atoms with Crippen molar-refractivity contribution >= 4 is 27.3 Å². The third kappa shape index (κ3) is 2.79. The van der Waals surface area contributed by atoms with E-state index in [1.54, 1.807) is 19.1 Å². The van der Waals surface area contributed by atoms with Crippen LogP contribution in [0.4, 0.5) is 5.69 Å². The molecule has 20 heavy (non-hydrogen) atoms. The van der Waals surface area contributed by atoms with Crippen LogP contribution in [0.25, 0.3) is 0 Å². The summed E-state index contributed by atoms with van der Waals surface area (Å²) < 4.78 is 27.1. The van der Waals surface area contributed by atoms with Crippen LogP contribution >= 0.6 is 11.6 Å². The Hall–Kier alpha value is -1.57. The monoisotopic (exact) mass is 315 g/mol. The number of hydrogen-bond acceptors (Lipinski definition) is 4. The van der Waals surface area contributed by atoms with Gasteiger partial charge in [-0.1, -0.05) is 17.7 Å². The molecule has 0 aliphatic carbocycles. The quantitative estimate of drug-likeness (QED) is 0.804. The first kappa shape index (κ1) is 14.8. The van der Waals surface area contributed by atoms with Crippen LogP contribution < -0.4 is 4.72 Å². The highest BCUT2D eigenvalue weighted by Gasteiger charge is 2.24. The molecule has 2 rings (SSSR count). The first-order chi connectivity index (χ1) is 9.35. The molecule has 0 radical (unpaired) electrons. The Balaban J connectivity index is 2.40. The molecule has 108 valence electrons. The van der Waals surface area contributed by atoms with Gasteiger partial charge in [0.15, 0.2) is 0 Å². The summed E-state index contributed by atoms with van der Waals surface area (Å²) in [5.41, 5.74) is 1.64. The van der Waals surface area contributed by atoms with E-state index in [9.17, 15) is 8.42 Å². The molecule has 6 nitrogen and oxygen atoms in total. The Morgan fingerprint density at radius 2 is 2.10 bits per heavy atom. The minimum Gasteiger partial charge on any atom is -0.390 e. The Bertz CT molecular complexity index is 740.